The Balaban J connectivity index is 1.76. The van der Waals surface area contributed by atoms with Gasteiger partial charge in [-0.2, -0.15) is 0 Å². The van der Waals surface area contributed by atoms with E-state index >= 15 is 0 Å². The van der Waals surface area contributed by atoms with Gasteiger partial charge in [0.25, 0.3) is 0 Å². The first-order valence-electron chi connectivity index (χ1n) is 6.71. The van der Waals surface area contributed by atoms with Crippen LogP contribution in [0.1, 0.15) is 17.3 Å². The van der Waals surface area contributed by atoms with E-state index < -0.39 is 0 Å². The number of ether oxygens (including phenoxy) is 2. The largest absolute Gasteiger partial charge is 0.493 e. The second-order valence-electron chi connectivity index (χ2n) is 4.26. The maximum Gasteiger partial charge on any atom is 0.338 e. The van der Waals surface area contributed by atoms with Crippen molar-refractivity contribution in [1.29, 1.82) is 0 Å². The van der Waals surface area contributed by atoms with Gasteiger partial charge in [0.2, 0.25) is 0 Å². The van der Waals surface area contributed by atoms with Gasteiger partial charge in [0, 0.05) is 25.2 Å². The van der Waals surface area contributed by atoms with Crippen molar-refractivity contribution in [3.05, 3.63) is 42.2 Å². The van der Waals surface area contributed by atoms with Crippen LogP contribution in [0.25, 0.3) is 0 Å². The lowest BCUT2D eigenvalue weighted by Gasteiger charge is -2.07. The Kier molecular flexibility index (Phi) is 5.68. The fourth-order valence-electron chi connectivity index (χ4n) is 1.69. The summed E-state index contributed by atoms with van der Waals surface area (Å²) in [7, 11) is 1.96. The molecule has 0 radical (unpaired) electrons. The quantitative estimate of drug-likeness (QED) is 0.447. The zero-order valence-corrected chi connectivity index (χ0v) is 12.9. The minimum atomic E-state index is -0.311. The van der Waals surface area contributed by atoms with Crippen LogP contribution in [0.4, 0.5) is 0 Å². The molecule has 2 aromatic rings. The third-order valence-electron chi connectivity index (χ3n) is 2.73. The SMILES string of the molecule is CCOC(=O)c1ccc(OCCSc2nccn2C)cc1. The van der Waals surface area contributed by atoms with Crippen LogP contribution in [0, 0.1) is 0 Å². The topological polar surface area (TPSA) is 53.4 Å². The average Bonchev–Trinajstić information content (AvgIpc) is 2.90. The number of hydrogen-bond donors (Lipinski definition) is 0. The van der Waals surface area contributed by atoms with Gasteiger partial charge in [0.05, 0.1) is 18.8 Å². The third kappa shape index (κ3) is 4.53. The zero-order chi connectivity index (χ0) is 15.1. The molecule has 21 heavy (non-hydrogen) atoms. The lowest BCUT2D eigenvalue weighted by molar-refractivity contribution is 0.0526. The molecular formula is C15H18N2O3S. The van der Waals surface area contributed by atoms with E-state index in [1.807, 2.05) is 17.8 Å². The number of carbonyl (C=O) groups is 1. The van der Waals surface area contributed by atoms with E-state index in [-0.39, 0.29) is 5.97 Å². The molecular weight excluding hydrogens is 288 g/mol. The van der Waals surface area contributed by atoms with Crippen molar-refractivity contribution in [2.24, 2.45) is 7.05 Å². The number of rotatable bonds is 7. The predicted molar refractivity (Wildman–Crippen MR) is 81.8 cm³/mol. The Bertz CT molecular complexity index is 581. The van der Waals surface area contributed by atoms with Crippen LogP contribution in [0.15, 0.2) is 41.8 Å². The van der Waals surface area contributed by atoms with Crippen molar-refractivity contribution < 1.29 is 14.3 Å². The van der Waals surface area contributed by atoms with Crippen molar-refractivity contribution in [1.82, 2.24) is 9.55 Å². The van der Waals surface area contributed by atoms with Crippen LogP contribution < -0.4 is 4.74 Å². The monoisotopic (exact) mass is 306 g/mol. The third-order valence-corrected chi connectivity index (χ3v) is 3.75. The molecule has 0 N–H and O–H groups in total. The molecule has 0 amide bonds. The number of nitrogens with zero attached hydrogens (tertiary/aromatic N) is 2. The molecule has 5 nitrogen and oxygen atoms in total. The number of aromatic nitrogens is 2. The summed E-state index contributed by atoms with van der Waals surface area (Å²) in [5.41, 5.74) is 0.534. The molecule has 0 atom stereocenters. The molecule has 0 unspecified atom stereocenters. The summed E-state index contributed by atoms with van der Waals surface area (Å²) in [6.45, 7) is 2.74. The second kappa shape index (κ2) is 7.73. The molecule has 1 aromatic carbocycles. The number of carbonyl (C=O) groups excluding carboxylic acids is 1. The summed E-state index contributed by atoms with van der Waals surface area (Å²) >= 11 is 1.64. The van der Waals surface area contributed by atoms with E-state index in [9.17, 15) is 4.79 Å². The van der Waals surface area contributed by atoms with E-state index in [2.05, 4.69) is 4.98 Å². The first-order valence-corrected chi connectivity index (χ1v) is 7.69. The average molecular weight is 306 g/mol. The first-order chi connectivity index (χ1) is 10.2. The Hall–Kier alpha value is -1.95. The van der Waals surface area contributed by atoms with Gasteiger partial charge in [-0.25, -0.2) is 9.78 Å². The molecule has 0 spiro atoms. The fraction of sp³-hybridized carbons (Fsp3) is 0.333. The molecule has 0 aliphatic heterocycles. The first kappa shape index (κ1) is 15.4. The van der Waals surface area contributed by atoms with Gasteiger partial charge >= 0.3 is 5.97 Å². The number of benzene rings is 1. The van der Waals surface area contributed by atoms with Gasteiger partial charge < -0.3 is 14.0 Å². The van der Waals surface area contributed by atoms with Crippen LogP contribution in [0.2, 0.25) is 0 Å². The molecule has 112 valence electrons. The normalized spacial score (nSPS) is 10.4. The van der Waals surface area contributed by atoms with Gasteiger partial charge in [-0.05, 0) is 31.2 Å². The molecule has 0 bridgehead atoms. The van der Waals surface area contributed by atoms with E-state index in [0.717, 1.165) is 16.7 Å². The van der Waals surface area contributed by atoms with Gasteiger partial charge in [-0.3, -0.25) is 0 Å². The van der Waals surface area contributed by atoms with Crippen LogP contribution in [-0.2, 0) is 11.8 Å². The number of aryl methyl sites for hydroxylation is 1. The highest BCUT2D eigenvalue weighted by Crippen LogP contribution is 2.16. The molecule has 6 heteroatoms. The van der Waals surface area contributed by atoms with Crippen LogP contribution in [-0.4, -0.2) is 34.5 Å². The molecule has 0 saturated heterocycles. The highest BCUT2D eigenvalue weighted by Gasteiger charge is 2.06. The van der Waals surface area contributed by atoms with E-state index in [4.69, 9.17) is 9.47 Å². The van der Waals surface area contributed by atoms with E-state index in [0.29, 0.717) is 18.8 Å². The van der Waals surface area contributed by atoms with Crippen molar-refractivity contribution >= 4 is 17.7 Å². The maximum atomic E-state index is 11.5. The lowest BCUT2D eigenvalue weighted by Crippen LogP contribution is -2.05. The minimum absolute atomic E-state index is 0.311. The van der Waals surface area contributed by atoms with Crippen LogP contribution >= 0.6 is 11.8 Å². The predicted octanol–water partition coefficient (Wildman–Crippen LogP) is 2.77. The molecule has 0 aliphatic carbocycles. The zero-order valence-electron chi connectivity index (χ0n) is 12.1. The number of thioether (sulfide) groups is 1. The molecule has 2 rings (SSSR count). The number of imidazole rings is 1. The van der Waals surface area contributed by atoms with Crippen molar-refractivity contribution in [2.75, 3.05) is 19.0 Å². The second-order valence-corrected chi connectivity index (χ2v) is 5.32. The van der Waals surface area contributed by atoms with Gasteiger partial charge in [-0.15, -0.1) is 0 Å². The summed E-state index contributed by atoms with van der Waals surface area (Å²) in [6, 6.07) is 6.97. The summed E-state index contributed by atoms with van der Waals surface area (Å²) in [6.07, 6.45) is 3.69. The molecule has 1 aromatic heterocycles. The van der Waals surface area contributed by atoms with Gasteiger partial charge in [0.1, 0.15) is 5.75 Å². The molecule has 0 fully saturated rings. The standard InChI is InChI=1S/C15H18N2O3S/c1-3-19-14(18)12-4-6-13(7-5-12)20-10-11-21-15-16-8-9-17(15)2/h4-9H,3,10-11H2,1-2H3. The van der Waals surface area contributed by atoms with Crippen LogP contribution in [0.5, 0.6) is 5.75 Å². The Morgan fingerprint density at radius 3 is 2.71 bits per heavy atom. The molecule has 1 heterocycles. The highest BCUT2D eigenvalue weighted by molar-refractivity contribution is 7.99. The summed E-state index contributed by atoms with van der Waals surface area (Å²) < 4.78 is 12.5. The summed E-state index contributed by atoms with van der Waals surface area (Å²) in [4.78, 5) is 15.7. The van der Waals surface area contributed by atoms with E-state index in [1.165, 1.54) is 0 Å². The van der Waals surface area contributed by atoms with Crippen molar-refractivity contribution in [3.8, 4) is 5.75 Å². The van der Waals surface area contributed by atoms with Gasteiger partial charge in [0.15, 0.2) is 5.16 Å². The fourth-order valence-corrected chi connectivity index (χ4v) is 2.43. The Labute approximate surface area is 128 Å². The molecule has 0 aliphatic rings. The summed E-state index contributed by atoms with van der Waals surface area (Å²) in [5.74, 6) is 1.24. The maximum absolute atomic E-state index is 11.5. The van der Waals surface area contributed by atoms with Crippen molar-refractivity contribution in [3.63, 3.8) is 0 Å². The number of hydrogen-bond acceptors (Lipinski definition) is 5. The minimum Gasteiger partial charge on any atom is -0.493 e. The van der Waals surface area contributed by atoms with E-state index in [1.54, 1.807) is 49.1 Å². The molecule has 0 saturated carbocycles. The lowest BCUT2D eigenvalue weighted by atomic mass is 10.2. The Morgan fingerprint density at radius 1 is 1.33 bits per heavy atom. The smallest absolute Gasteiger partial charge is 0.338 e. The van der Waals surface area contributed by atoms with Crippen molar-refractivity contribution in [2.45, 2.75) is 12.1 Å². The van der Waals surface area contributed by atoms with Crippen LogP contribution in [0.3, 0.4) is 0 Å². The van der Waals surface area contributed by atoms with Gasteiger partial charge in [-0.1, -0.05) is 11.8 Å². The number of esters is 1. The Morgan fingerprint density at radius 2 is 2.10 bits per heavy atom. The highest BCUT2D eigenvalue weighted by atomic mass is 32.2. The summed E-state index contributed by atoms with van der Waals surface area (Å²) in [5, 5.41) is 0.969.